The number of aliphatic carboxylic acids is 2. The summed E-state index contributed by atoms with van der Waals surface area (Å²) in [6, 6.07) is 13.1. The molecule has 2 aromatic rings. The molecular weight excluding hydrogens is 480 g/mol. The van der Waals surface area contributed by atoms with Crippen molar-refractivity contribution >= 4 is 29.7 Å². The van der Waals surface area contributed by atoms with Crippen LogP contribution in [0.25, 0.3) is 0 Å². The smallest absolute Gasteiger partial charge is 0.325 e. The average molecular weight is 513 g/mol. The summed E-state index contributed by atoms with van der Waals surface area (Å²) < 4.78 is 0. The quantitative estimate of drug-likeness (QED) is 0.207. The van der Waals surface area contributed by atoms with Crippen LogP contribution >= 0.6 is 0 Å². The maximum Gasteiger partial charge on any atom is 0.325 e. The van der Waals surface area contributed by atoms with Crippen molar-refractivity contribution < 1.29 is 34.2 Å². The van der Waals surface area contributed by atoms with E-state index in [1.807, 2.05) is 6.07 Å². The molecule has 2 rings (SSSR count). The minimum absolute atomic E-state index is 0.0396. The van der Waals surface area contributed by atoms with Gasteiger partial charge in [-0.2, -0.15) is 0 Å². The first-order chi connectivity index (χ1) is 17.6. The minimum atomic E-state index is -1.28. The number of carbonyl (C=O) groups is 5. The minimum Gasteiger partial charge on any atom is -0.481 e. The van der Waals surface area contributed by atoms with E-state index in [0.717, 1.165) is 5.56 Å². The van der Waals surface area contributed by atoms with E-state index in [1.54, 1.807) is 54.6 Å². The summed E-state index contributed by atoms with van der Waals surface area (Å²) in [5.74, 6) is -4.61. The monoisotopic (exact) mass is 512 g/mol. The summed E-state index contributed by atoms with van der Waals surface area (Å²) in [4.78, 5) is 61.0. The van der Waals surface area contributed by atoms with Gasteiger partial charge in [0, 0.05) is 12.8 Å². The molecule has 0 saturated heterocycles. The standard InChI is InChI=1S/C26H32N4O7/c1-16(26(36)37)28-25(35)21(15-18-10-6-3-7-11-18)30-24(34)20(12-13-22(31)32)29-23(33)19(27)14-17-8-4-2-5-9-17/h2-11,16,19-21H,12-15,27H2,1H3,(H,28,35)(H,29,33)(H,30,34)(H,31,32)(H,36,37). The van der Waals surface area contributed by atoms with Crippen LogP contribution < -0.4 is 21.7 Å². The average Bonchev–Trinajstić information content (AvgIpc) is 2.86. The van der Waals surface area contributed by atoms with E-state index < -0.39 is 60.2 Å². The van der Waals surface area contributed by atoms with Crippen molar-refractivity contribution in [1.29, 1.82) is 0 Å². The highest BCUT2D eigenvalue weighted by molar-refractivity contribution is 5.94. The van der Waals surface area contributed by atoms with Crippen LogP contribution in [0.15, 0.2) is 60.7 Å². The molecule has 0 heterocycles. The summed E-state index contributed by atoms with van der Waals surface area (Å²) >= 11 is 0. The van der Waals surface area contributed by atoms with Crippen LogP contribution in [0.5, 0.6) is 0 Å². The van der Waals surface area contributed by atoms with Crippen molar-refractivity contribution in [2.75, 3.05) is 0 Å². The molecule has 4 atom stereocenters. The van der Waals surface area contributed by atoms with Crippen LogP contribution in [0.1, 0.15) is 30.9 Å². The zero-order valence-electron chi connectivity index (χ0n) is 20.4. The lowest BCUT2D eigenvalue weighted by atomic mass is 10.0. The summed E-state index contributed by atoms with van der Waals surface area (Å²) in [6.07, 6.45) is -0.419. The molecule has 0 saturated carbocycles. The predicted octanol–water partition coefficient (Wildman–Crippen LogP) is 0.223. The van der Waals surface area contributed by atoms with E-state index in [9.17, 15) is 24.0 Å². The Kier molecular flexibility index (Phi) is 11.2. The maximum atomic E-state index is 13.1. The van der Waals surface area contributed by atoms with E-state index in [4.69, 9.17) is 15.9 Å². The van der Waals surface area contributed by atoms with Gasteiger partial charge in [-0.15, -0.1) is 0 Å². The van der Waals surface area contributed by atoms with Crippen molar-refractivity contribution in [1.82, 2.24) is 16.0 Å². The lowest BCUT2D eigenvalue weighted by molar-refractivity contribution is -0.141. The van der Waals surface area contributed by atoms with Gasteiger partial charge in [0.2, 0.25) is 17.7 Å². The highest BCUT2D eigenvalue weighted by atomic mass is 16.4. The molecule has 2 aromatic carbocycles. The van der Waals surface area contributed by atoms with E-state index in [-0.39, 0.29) is 19.3 Å². The van der Waals surface area contributed by atoms with Gasteiger partial charge in [-0.05, 0) is 30.9 Å². The lowest BCUT2D eigenvalue weighted by Gasteiger charge is -2.24. The Balaban J connectivity index is 2.17. The summed E-state index contributed by atoms with van der Waals surface area (Å²) in [5, 5.41) is 25.6. The molecule has 4 unspecified atom stereocenters. The van der Waals surface area contributed by atoms with Gasteiger partial charge < -0.3 is 31.9 Å². The fraction of sp³-hybridized carbons (Fsp3) is 0.346. The zero-order chi connectivity index (χ0) is 27.4. The van der Waals surface area contributed by atoms with Gasteiger partial charge in [0.05, 0.1) is 6.04 Å². The molecule has 11 heteroatoms. The van der Waals surface area contributed by atoms with Crippen LogP contribution in [0.3, 0.4) is 0 Å². The highest BCUT2D eigenvalue weighted by Gasteiger charge is 2.30. The number of hydrogen-bond acceptors (Lipinski definition) is 6. The normalized spacial score (nSPS) is 13.9. The van der Waals surface area contributed by atoms with Crippen molar-refractivity contribution in [3.8, 4) is 0 Å². The van der Waals surface area contributed by atoms with Gasteiger partial charge >= 0.3 is 11.9 Å². The van der Waals surface area contributed by atoms with Crippen molar-refractivity contribution in [2.24, 2.45) is 5.73 Å². The molecule has 37 heavy (non-hydrogen) atoms. The van der Waals surface area contributed by atoms with E-state index in [0.29, 0.717) is 5.56 Å². The summed E-state index contributed by atoms with van der Waals surface area (Å²) in [7, 11) is 0. The van der Waals surface area contributed by atoms with Gasteiger partial charge in [-0.3, -0.25) is 24.0 Å². The molecule has 0 aliphatic heterocycles. The molecule has 0 bridgehead atoms. The fourth-order valence-corrected chi connectivity index (χ4v) is 3.48. The molecule has 0 fully saturated rings. The summed E-state index contributed by atoms with van der Waals surface area (Å²) in [6.45, 7) is 1.28. The first kappa shape index (κ1) is 29.0. The number of carboxylic acid groups (broad SMARTS) is 2. The van der Waals surface area contributed by atoms with E-state index in [1.165, 1.54) is 6.92 Å². The number of nitrogens with one attached hydrogen (secondary N) is 3. The molecular formula is C26H32N4O7. The lowest BCUT2D eigenvalue weighted by Crippen LogP contribution is -2.57. The van der Waals surface area contributed by atoms with Crippen LogP contribution in [-0.4, -0.2) is 64.0 Å². The molecule has 7 N–H and O–H groups in total. The molecule has 11 nitrogen and oxygen atoms in total. The Labute approximate surface area is 214 Å². The SMILES string of the molecule is CC(NC(=O)C(Cc1ccccc1)NC(=O)C(CCC(=O)O)NC(=O)C(N)Cc1ccccc1)C(=O)O. The maximum absolute atomic E-state index is 13.1. The number of benzene rings is 2. The highest BCUT2D eigenvalue weighted by Crippen LogP contribution is 2.07. The van der Waals surface area contributed by atoms with Crippen molar-refractivity contribution in [3.05, 3.63) is 71.8 Å². The van der Waals surface area contributed by atoms with Crippen LogP contribution in [0.4, 0.5) is 0 Å². The second kappa shape index (κ2) is 14.3. The second-order valence-corrected chi connectivity index (χ2v) is 8.61. The number of hydrogen-bond donors (Lipinski definition) is 6. The molecule has 0 radical (unpaired) electrons. The number of nitrogens with two attached hydrogens (primary N) is 1. The molecule has 3 amide bonds. The number of rotatable bonds is 14. The van der Waals surface area contributed by atoms with Gasteiger partial charge in [0.1, 0.15) is 18.1 Å². The molecule has 0 aliphatic carbocycles. The molecule has 0 aromatic heterocycles. The Morgan fingerprint density at radius 3 is 1.73 bits per heavy atom. The predicted molar refractivity (Wildman–Crippen MR) is 134 cm³/mol. The number of carbonyl (C=O) groups excluding carboxylic acids is 3. The van der Waals surface area contributed by atoms with Crippen LogP contribution in [-0.2, 0) is 36.8 Å². The van der Waals surface area contributed by atoms with Gasteiger partial charge in [0.15, 0.2) is 0 Å². The first-order valence-electron chi connectivity index (χ1n) is 11.8. The number of amides is 3. The third-order valence-electron chi connectivity index (χ3n) is 5.56. The first-order valence-corrected chi connectivity index (χ1v) is 11.8. The van der Waals surface area contributed by atoms with Gasteiger partial charge in [-0.1, -0.05) is 60.7 Å². The Morgan fingerprint density at radius 1 is 0.730 bits per heavy atom. The third-order valence-corrected chi connectivity index (χ3v) is 5.56. The molecule has 0 aliphatic rings. The van der Waals surface area contributed by atoms with Gasteiger partial charge in [0.25, 0.3) is 0 Å². The van der Waals surface area contributed by atoms with Crippen LogP contribution in [0, 0.1) is 0 Å². The Hall–Kier alpha value is -4.25. The summed E-state index contributed by atoms with van der Waals surface area (Å²) in [5.41, 5.74) is 7.51. The van der Waals surface area contributed by atoms with E-state index >= 15 is 0 Å². The second-order valence-electron chi connectivity index (χ2n) is 8.61. The zero-order valence-corrected chi connectivity index (χ0v) is 20.4. The van der Waals surface area contributed by atoms with E-state index in [2.05, 4.69) is 16.0 Å². The topological polar surface area (TPSA) is 188 Å². The Bertz CT molecular complexity index is 1080. The number of carboxylic acids is 2. The van der Waals surface area contributed by atoms with Crippen LogP contribution in [0.2, 0.25) is 0 Å². The fourth-order valence-electron chi connectivity index (χ4n) is 3.48. The largest absolute Gasteiger partial charge is 0.481 e. The molecule has 198 valence electrons. The van der Waals surface area contributed by atoms with Crippen molar-refractivity contribution in [3.63, 3.8) is 0 Å². The third kappa shape index (κ3) is 10.1. The van der Waals surface area contributed by atoms with Gasteiger partial charge in [-0.25, -0.2) is 0 Å². The Morgan fingerprint density at radius 2 is 1.22 bits per heavy atom. The van der Waals surface area contributed by atoms with Crippen molar-refractivity contribution in [2.45, 2.75) is 56.8 Å². The molecule has 0 spiro atoms.